The summed E-state index contributed by atoms with van der Waals surface area (Å²) in [4.78, 5) is 3.62. The smallest absolute Gasteiger partial charge is 0.212 e. The number of hydrogen-bond donors (Lipinski definition) is 0. The van der Waals surface area contributed by atoms with Crippen LogP contribution in [0.5, 0.6) is 0 Å². The first-order valence-corrected chi connectivity index (χ1v) is 4.44. The Morgan fingerprint density at radius 3 is 2.57 bits per heavy atom. The molecule has 2 rings (SSSR count). The molecule has 1 heterocycles. The Kier molecular flexibility index (Phi) is 2.27. The lowest BCUT2D eigenvalue weighted by molar-refractivity contribution is 0.584. The van der Waals surface area contributed by atoms with Gasteiger partial charge in [0.1, 0.15) is 0 Å². The molecule has 0 aliphatic carbocycles. The van der Waals surface area contributed by atoms with E-state index in [0.29, 0.717) is 0 Å². The minimum atomic E-state index is -0.443. The topological polar surface area (TPSA) is 12.9 Å². The number of benzene rings is 1. The number of rotatable bonds is 1. The van der Waals surface area contributed by atoms with E-state index in [1.807, 2.05) is 25.1 Å². The molecule has 0 bridgehead atoms. The average Bonchev–Trinajstić information content (AvgIpc) is 2.19. The Bertz CT molecular complexity index is 434. The molecule has 0 N–H and O–H groups in total. The monoisotopic (exact) mass is 187 g/mol. The van der Waals surface area contributed by atoms with Gasteiger partial charge < -0.3 is 0 Å². The Balaban J connectivity index is 2.44. The molecule has 2 heteroatoms. The highest BCUT2D eigenvalue weighted by Gasteiger charge is 1.98. The minimum absolute atomic E-state index is 0.443. The van der Waals surface area contributed by atoms with Gasteiger partial charge >= 0.3 is 0 Å². The first-order valence-electron chi connectivity index (χ1n) is 4.44. The van der Waals surface area contributed by atoms with Crippen LogP contribution in [0.3, 0.4) is 0 Å². The second-order valence-electron chi connectivity index (χ2n) is 3.24. The zero-order valence-electron chi connectivity index (χ0n) is 7.87. The van der Waals surface area contributed by atoms with E-state index in [1.54, 1.807) is 12.3 Å². The van der Waals surface area contributed by atoms with Gasteiger partial charge in [0, 0.05) is 11.8 Å². The maximum Gasteiger partial charge on any atom is 0.212 e. The lowest BCUT2D eigenvalue weighted by atomic mass is 10.1. The number of halogens is 1. The van der Waals surface area contributed by atoms with E-state index in [2.05, 4.69) is 11.1 Å². The summed E-state index contributed by atoms with van der Waals surface area (Å²) in [5, 5.41) is 0. The number of hydrogen-bond acceptors (Lipinski definition) is 1. The van der Waals surface area contributed by atoms with Crippen molar-refractivity contribution in [3.8, 4) is 11.1 Å². The van der Waals surface area contributed by atoms with Gasteiger partial charge in [0.05, 0.1) is 0 Å². The van der Waals surface area contributed by atoms with Crippen LogP contribution < -0.4 is 0 Å². The van der Waals surface area contributed by atoms with Gasteiger partial charge in [0.2, 0.25) is 5.95 Å². The number of pyridine rings is 1. The molecule has 0 spiro atoms. The molecule has 0 unspecified atom stereocenters. The molecular formula is C12H10FN. The molecule has 1 aromatic heterocycles. The van der Waals surface area contributed by atoms with E-state index in [0.717, 1.165) is 11.1 Å². The van der Waals surface area contributed by atoms with Crippen molar-refractivity contribution >= 4 is 0 Å². The van der Waals surface area contributed by atoms with Crippen LogP contribution in [0.25, 0.3) is 11.1 Å². The van der Waals surface area contributed by atoms with Crippen molar-refractivity contribution in [3.63, 3.8) is 0 Å². The zero-order chi connectivity index (χ0) is 9.97. The van der Waals surface area contributed by atoms with Crippen LogP contribution in [-0.4, -0.2) is 4.98 Å². The summed E-state index contributed by atoms with van der Waals surface area (Å²) >= 11 is 0. The highest BCUT2D eigenvalue weighted by Crippen LogP contribution is 2.18. The number of aryl methyl sites for hydroxylation is 1. The average molecular weight is 187 g/mol. The maximum absolute atomic E-state index is 12.6. The molecule has 0 aliphatic heterocycles. The normalized spacial score (nSPS) is 10.1. The van der Waals surface area contributed by atoms with Crippen LogP contribution in [0, 0.1) is 12.9 Å². The van der Waals surface area contributed by atoms with Gasteiger partial charge in [0.15, 0.2) is 0 Å². The molecule has 0 amide bonds. The van der Waals surface area contributed by atoms with Gasteiger partial charge in [-0.3, -0.25) is 0 Å². The molecule has 0 aliphatic rings. The van der Waals surface area contributed by atoms with Crippen molar-refractivity contribution in [2.45, 2.75) is 6.92 Å². The fourth-order valence-corrected chi connectivity index (χ4v) is 1.37. The predicted octanol–water partition coefficient (Wildman–Crippen LogP) is 3.20. The van der Waals surface area contributed by atoms with Crippen molar-refractivity contribution < 1.29 is 4.39 Å². The van der Waals surface area contributed by atoms with E-state index in [4.69, 9.17) is 0 Å². The van der Waals surface area contributed by atoms with Crippen LogP contribution >= 0.6 is 0 Å². The van der Waals surface area contributed by atoms with E-state index in [9.17, 15) is 4.39 Å². The van der Waals surface area contributed by atoms with E-state index in [1.165, 1.54) is 11.6 Å². The molecule has 0 radical (unpaired) electrons. The molecule has 1 nitrogen and oxygen atoms in total. The highest BCUT2D eigenvalue weighted by molar-refractivity contribution is 5.62. The zero-order valence-corrected chi connectivity index (χ0v) is 7.87. The summed E-state index contributed by atoms with van der Waals surface area (Å²) < 4.78 is 12.6. The second kappa shape index (κ2) is 3.58. The maximum atomic E-state index is 12.6. The number of aromatic nitrogens is 1. The molecule has 0 atom stereocenters. The largest absolute Gasteiger partial charge is 0.228 e. The first-order chi connectivity index (χ1) is 6.75. The summed E-state index contributed by atoms with van der Waals surface area (Å²) in [5.41, 5.74) is 3.19. The van der Waals surface area contributed by atoms with Crippen LogP contribution in [0.1, 0.15) is 5.56 Å². The van der Waals surface area contributed by atoms with Gasteiger partial charge in [-0.05, 0) is 24.6 Å². The lowest BCUT2D eigenvalue weighted by Gasteiger charge is -2.01. The molecule has 0 saturated carbocycles. The van der Waals surface area contributed by atoms with Crippen molar-refractivity contribution in [2.24, 2.45) is 0 Å². The van der Waals surface area contributed by atoms with E-state index in [-0.39, 0.29) is 0 Å². The quantitative estimate of drug-likeness (QED) is 0.625. The molecule has 0 saturated heterocycles. The Labute approximate surface area is 82.2 Å². The van der Waals surface area contributed by atoms with Crippen LogP contribution in [0.4, 0.5) is 4.39 Å². The van der Waals surface area contributed by atoms with E-state index < -0.39 is 5.95 Å². The van der Waals surface area contributed by atoms with E-state index >= 15 is 0 Å². The molecule has 70 valence electrons. The van der Waals surface area contributed by atoms with Crippen molar-refractivity contribution in [3.05, 3.63) is 54.1 Å². The van der Waals surface area contributed by atoms with Gasteiger partial charge in [-0.2, -0.15) is 4.39 Å². The summed E-state index contributed by atoms with van der Waals surface area (Å²) in [7, 11) is 0. The first kappa shape index (κ1) is 8.88. The molecular weight excluding hydrogens is 177 g/mol. The fourth-order valence-electron chi connectivity index (χ4n) is 1.37. The molecule has 1 aromatic carbocycles. The Hall–Kier alpha value is -1.70. The van der Waals surface area contributed by atoms with Gasteiger partial charge in [-0.15, -0.1) is 0 Å². The van der Waals surface area contributed by atoms with Gasteiger partial charge in [-0.1, -0.05) is 29.8 Å². The third-order valence-corrected chi connectivity index (χ3v) is 2.08. The lowest BCUT2D eigenvalue weighted by Crippen LogP contribution is -1.83. The van der Waals surface area contributed by atoms with Crippen LogP contribution in [-0.2, 0) is 0 Å². The van der Waals surface area contributed by atoms with Crippen molar-refractivity contribution in [1.82, 2.24) is 4.98 Å². The Morgan fingerprint density at radius 2 is 1.93 bits per heavy atom. The van der Waals surface area contributed by atoms with Gasteiger partial charge in [-0.25, -0.2) is 4.98 Å². The summed E-state index contributed by atoms with van der Waals surface area (Å²) in [5.74, 6) is -0.443. The highest BCUT2D eigenvalue weighted by atomic mass is 19.1. The summed E-state index contributed by atoms with van der Waals surface area (Å²) in [6.07, 6.45) is 1.55. The third kappa shape index (κ3) is 1.79. The van der Waals surface area contributed by atoms with Crippen molar-refractivity contribution in [1.29, 1.82) is 0 Å². The second-order valence-corrected chi connectivity index (χ2v) is 3.24. The van der Waals surface area contributed by atoms with Crippen LogP contribution in [0.15, 0.2) is 42.6 Å². The van der Waals surface area contributed by atoms with Crippen molar-refractivity contribution in [2.75, 3.05) is 0 Å². The molecule has 0 fully saturated rings. The number of nitrogens with zero attached hydrogens (tertiary/aromatic N) is 1. The van der Waals surface area contributed by atoms with Gasteiger partial charge in [0.25, 0.3) is 0 Å². The standard InChI is InChI=1S/C12H10FN/c1-9-3-2-4-10(7-9)11-5-6-12(13)14-8-11/h2-8H,1H3. The SMILES string of the molecule is Cc1cccc(-c2ccc(F)nc2)c1. The summed E-state index contributed by atoms with van der Waals surface area (Å²) in [6, 6.07) is 11.2. The third-order valence-electron chi connectivity index (χ3n) is 2.08. The molecule has 2 aromatic rings. The fraction of sp³-hybridized carbons (Fsp3) is 0.0833. The minimum Gasteiger partial charge on any atom is -0.228 e. The summed E-state index contributed by atoms with van der Waals surface area (Å²) in [6.45, 7) is 2.03. The predicted molar refractivity (Wildman–Crippen MR) is 54.4 cm³/mol. The Morgan fingerprint density at radius 1 is 1.07 bits per heavy atom. The van der Waals surface area contributed by atoms with Crippen LogP contribution in [0.2, 0.25) is 0 Å². The molecule has 14 heavy (non-hydrogen) atoms.